The van der Waals surface area contributed by atoms with Gasteiger partial charge in [0.25, 0.3) is 0 Å². The van der Waals surface area contributed by atoms with Crippen LogP contribution in [0, 0.1) is 0 Å². The summed E-state index contributed by atoms with van der Waals surface area (Å²) in [7, 11) is 1.58. The van der Waals surface area contributed by atoms with E-state index in [0.717, 1.165) is 15.2 Å². The average molecular weight is 440 g/mol. The molecule has 0 aliphatic heterocycles. The first-order chi connectivity index (χ1) is 15.0. The van der Waals surface area contributed by atoms with Crippen LogP contribution in [0.25, 0.3) is 16.3 Å². The Morgan fingerprint density at radius 3 is 2.58 bits per heavy atom. The summed E-state index contributed by atoms with van der Waals surface area (Å²) in [6.45, 7) is 4.69. The fourth-order valence-corrected chi connectivity index (χ4v) is 3.72. The topological polar surface area (TPSA) is 80.8 Å². The summed E-state index contributed by atoms with van der Waals surface area (Å²) in [4.78, 5) is 30.6. The second kappa shape index (κ2) is 10.6. The molecule has 0 bridgehead atoms. The lowest BCUT2D eigenvalue weighted by molar-refractivity contribution is -0.129. The van der Waals surface area contributed by atoms with E-state index < -0.39 is 0 Å². The number of para-hydroxylation sites is 1. The minimum absolute atomic E-state index is 0.0831. The van der Waals surface area contributed by atoms with Gasteiger partial charge in [0, 0.05) is 24.9 Å². The lowest BCUT2D eigenvalue weighted by Gasteiger charge is -2.16. The fraction of sp³-hybridized carbons (Fsp3) is 0.261. The van der Waals surface area contributed by atoms with Crippen LogP contribution in [0.15, 0.2) is 48.5 Å². The lowest BCUT2D eigenvalue weighted by atomic mass is 10.2. The van der Waals surface area contributed by atoms with Crippen molar-refractivity contribution in [3.05, 3.63) is 53.5 Å². The van der Waals surface area contributed by atoms with Crippen LogP contribution in [0.2, 0.25) is 0 Å². The molecule has 8 heteroatoms. The SMILES string of the molecule is CCOc1ccc(NC(=O)CN(C)C(=O)C=Cc2nc3ccccc3s2)cc1OCC. The molecule has 0 unspecified atom stereocenters. The van der Waals surface area contributed by atoms with Crippen molar-refractivity contribution in [2.45, 2.75) is 13.8 Å². The number of rotatable bonds is 9. The standard InChI is InChI=1S/C23H25N3O4S/c1-4-29-18-11-10-16(14-19(18)30-5-2)24-21(27)15-26(3)23(28)13-12-22-25-17-8-6-7-9-20(17)31-22/h6-14H,4-5,15H2,1-3H3,(H,24,27). The number of likely N-dealkylation sites (N-methyl/N-ethyl adjacent to an activating group) is 1. The van der Waals surface area contributed by atoms with Crippen molar-refractivity contribution in [3.8, 4) is 11.5 Å². The van der Waals surface area contributed by atoms with E-state index in [1.54, 1.807) is 31.3 Å². The molecular weight excluding hydrogens is 414 g/mol. The Hall–Kier alpha value is -3.39. The van der Waals surface area contributed by atoms with E-state index in [-0.39, 0.29) is 18.4 Å². The Kier molecular flexibility index (Phi) is 7.61. The van der Waals surface area contributed by atoms with Crippen molar-refractivity contribution < 1.29 is 19.1 Å². The van der Waals surface area contributed by atoms with Gasteiger partial charge in [-0.05, 0) is 44.2 Å². The average Bonchev–Trinajstić information content (AvgIpc) is 3.17. The van der Waals surface area contributed by atoms with E-state index in [2.05, 4.69) is 10.3 Å². The predicted molar refractivity (Wildman–Crippen MR) is 124 cm³/mol. The molecular formula is C23H25N3O4S. The van der Waals surface area contributed by atoms with Gasteiger partial charge in [0.05, 0.1) is 30.0 Å². The highest BCUT2D eigenvalue weighted by Gasteiger charge is 2.13. The summed E-state index contributed by atoms with van der Waals surface area (Å²) >= 11 is 1.51. The van der Waals surface area contributed by atoms with Gasteiger partial charge >= 0.3 is 0 Å². The maximum absolute atomic E-state index is 12.4. The van der Waals surface area contributed by atoms with Crippen molar-refractivity contribution in [2.75, 3.05) is 32.1 Å². The maximum atomic E-state index is 12.4. The molecule has 3 aromatic rings. The summed E-state index contributed by atoms with van der Waals surface area (Å²) in [5.74, 6) is 0.590. The quantitative estimate of drug-likeness (QED) is 0.505. The number of anilines is 1. The number of thiazole rings is 1. The van der Waals surface area contributed by atoms with Crippen molar-refractivity contribution >= 4 is 45.1 Å². The van der Waals surface area contributed by atoms with Crippen LogP contribution in [0.4, 0.5) is 5.69 Å². The van der Waals surface area contributed by atoms with Crippen molar-refractivity contribution in [1.29, 1.82) is 0 Å². The van der Waals surface area contributed by atoms with Crippen molar-refractivity contribution in [1.82, 2.24) is 9.88 Å². The number of ether oxygens (including phenoxy) is 2. The molecule has 0 radical (unpaired) electrons. The molecule has 0 aliphatic carbocycles. The summed E-state index contributed by atoms with van der Waals surface area (Å²) in [6, 6.07) is 13.0. The zero-order chi connectivity index (χ0) is 22.2. The van der Waals surface area contributed by atoms with Gasteiger partial charge in [0.1, 0.15) is 5.01 Å². The van der Waals surface area contributed by atoms with Crippen LogP contribution in [0.5, 0.6) is 11.5 Å². The van der Waals surface area contributed by atoms with E-state index >= 15 is 0 Å². The van der Waals surface area contributed by atoms with E-state index in [1.165, 1.54) is 22.3 Å². The highest BCUT2D eigenvalue weighted by atomic mass is 32.1. The minimum Gasteiger partial charge on any atom is -0.490 e. The van der Waals surface area contributed by atoms with Gasteiger partial charge < -0.3 is 19.7 Å². The molecule has 0 aliphatic rings. The zero-order valence-corrected chi connectivity index (χ0v) is 18.6. The van der Waals surface area contributed by atoms with Crippen LogP contribution in [0.3, 0.4) is 0 Å². The number of hydrogen-bond donors (Lipinski definition) is 1. The Balaban J connectivity index is 1.58. The number of aromatic nitrogens is 1. The second-order valence-electron chi connectivity index (χ2n) is 6.62. The van der Waals surface area contributed by atoms with E-state index in [0.29, 0.717) is 30.4 Å². The van der Waals surface area contributed by atoms with Crippen LogP contribution >= 0.6 is 11.3 Å². The van der Waals surface area contributed by atoms with Gasteiger partial charge in [-0.1, -0.05) is 12.1 Å². The molecule has 162 valence electrons. The highest BCUT2D eigenvalue weighted by molar-refractivity contribution is 7.19. The van der Waals surface area contributed by atoms with E-state index in [1.807, 2.05) is 38.1 Å². The molecule has 0 saturated carbocycles. The molecule has 1 heterocycles. The fourth-order valence-electron chi connectivity index (χ4n) is 2.85. The Morgan fingerprint density at radius 2 is 1.84 bits per heavy atom. The van der Waals surface area contributed by atoms with Crippen molar-refractivity contribution in [3.63, 3.8) is 0 Å². The van der Waals surface area contributed by atoms with Gasteiger partial charge in [-0.15, -0.1) is 11.3 Å². The number of carbonyl (C=O) groups excluding carboxylic acids is 2. The largest absolute Gasteiger partial charge is 0.490 e. The van der Waals surface area contributed by atoms with Gasteiger partial charge in [-0.3, -0.25) is 9.59 Å². The monoisotopic (exact) mass is 439 g/mol. The van der Waals surface area contributed by atoms with Crippen LogP contribution in [-0.2, 0) is 9.59 Å². The molecule has 2 aromatic carbocycles. The van der Waals surface area contributed by atoms with Crippen LogP contribution in [-0.4, -0.2) is 48.5 Å². The molecule has 1 aromatic heterocycles. The van der Waals surface area contributed by atoms with Gasteiger partial charge in [-0.25, -0.2) is 4.98 Å². The number of carbonyl (C=O) groups is 2. The number of benzene rings is 2. The number of amides is 2. The Labute approximate surface area is 185 Å². The molecule has 7 nitrogen and oxygen atoms in total. The first kappa shape index (κ1) is 22.3. The van der Waals surface area contributed by atoms with Gasteiger partial charge in [0.15, 0.2) is 11.5 Å². The van der Waals surface area contributed by atoms with Gasteiger partial charge in [-0.2, -0.15) is 0 Å². The molecule has 2 amide bonds. The second-order valence-corrected chi connectivity index (χ2v) is 7.69. The van der Waals surface area contributed by atoms with Crippen LogP contribution in [0.1, 0.15) is 18.9 Å². The Morgan fingerprint density at radius 1 is 1.10 bits per heavy atom. The number of hydrogen-bond acceptors (Lipinski definition) is 6. The highest BCUT2D eigenvalue weighted by Crippen LogP contribution is 2.30. The third-order valence-electron chi connectivity index (χ3n) is 4.26. The predicted octanol–water partition coefficient (Wildman–Crippen LogP) is 4.20. The smallest absolute Gasteiger partial charge is 0.246 e. The molecule has 0 spiro atoms. The normalized spacial score (nSPS) is 10.9. The summed E-state index contributed by atoms with van der Waals surface area (Å²) in [5, 5.41) is 3.53. The maximum Gasteiger partial charge on any atom is 0.246 e. The number of nitrogens with one attached hydrogen (secondary N) is 1. The van der Waals surface area contributed by atoms with Gasteiger partial charge in [0.2, 0.25) is 11.8 Å². The third-order valence-corrected chi connectivity index (χ3v) is 5.26. The van der Waals surface area contributed by atoms with E-state index in [9.17, 15) is 9.59 Å². The number of nitrogens with zero attached hydrogens (tertiary/aromatic N) is 2. The summed E-state index contributed by atoms with van der Waals surface area (Å²) in [5.41, 5.74) is 1.47. The Bertz CT molecular complexity index is 1060. The van der Waals surface area contributed by atoms with E-state index in [4.69, 9.17) is 9.47 Å². The number of fused-ring (bicyclic) bond motifs is 1. The molecule has 31 heavy (non-hydrogen) atoms. The molecule has 1 N–H and O–H groups in total. The molecule has 0 fully saturated rings. The zero-order valence-electron chi connectivity index (χ0n) is 17.8. The molecule has 0 atom stereocenters. The summed E-state index contributed by atoms with van der Waals surface area (Å²) in [6.07, 6.45) is 3.09. The first-order valence-corrected chi connectivity index (χ1v) is 10.8. The summed E-state index contributed by atoms with van der Waals surface area (Å²) < 4.78 is 12.2. The lowest BCUT2D eigenvalue weighted by Crippen LogP contribution is -2.33. The molecule has 0 saturated heterocycles. The van der Waals surface area contributed by atoms with Crippen molar-refractivity contribution in [2.24, 2.45) is 0 Å². The first-order valence-electron chi connectivity index (χ1n) is 9.98. The van der Waals surface area contributed by atoms with Crippen LogP contribution < -0.4 is 14.8 Å². The minimum atomic E-state index is -0.309. The molecule has 3 rings (SSSR count). The third kappa shape index (κ3) is 6.05.